The first-order valence-electron chi connectivity index (χ1n) is 8.45. The molecule has 0 unspecified atom stereocenters. The van der Waals surface area contributed by atoms with Crippen molar-refractivity contribution in [2.24, 2.45) is 5.92 Å². The fraction of sp³-hybridized carbons (Fsp3) is 0.474. The smallest absolute Gasteiger partial charge is 0.253 e. The molecule has 0 N–H and O–H groups in total. The van der Waals surface area contributed by atoms with Crippen molar-refractivity contribution in [2.75, 3.05) is 26.2 Å². The van der Waals surface area contributed by atoms with Crippen LogP contribution in [0.15, 0.2) is 36.4 Å². The molecule has 0 spiro atoms. The van der Waals surface area contributed by atoms with Gasteiger partial charge >= 0.3 is 0 Å². The Balaban J connectivity index is 1.65. The Morgan fingerprint density at radius 1 is 1.04 bits per heavy atom. The Morgan fingerprint density at radius 3 is 2.52 bits per heavy atom. The second-order valence-corrected chi connectivity index (χ2v) is 6.50. The molecule has 2 aliphatic heterocycles. The molecule has 1 aromatic carbocycles. The van der Waals surface area contributed by atoms with Gasteiger partial charge in [-0.15, -0.1) is 0 Å². The molecule has 2 amide bonds. The third-order valence-corrected chi connectivity index (χ3v) is 4.73. The summed E-state index contributed by atoms with van der Waals surface area (Å²) in [6.07, 6.45) is 6.90. The summed E-state index contributed by atoms with van der Waals surface area (Å²) in [5.41, 5.74) is 1.86. The highest BCUT2D eigenvalue weighted by molar-refractivity contribution is 5.94. The molecule has 1 aromatic rings. The number of nitrogens with zero attached hydrogens (tertiary/aromatic N) is 2. The Hall–Kier alpha value is -2.10. The number of carbonyl (C=O) groups excluding carboxylic acids is 2. The summed E-state index contributed by atoms with van der Waals surface area (Å²) in [6.45, 7) is 4.82. The van der Waals surface area contributed by atoms with Gasteiger partial charge in [0.1, 0.15) is 0 Å². The van der Waals surface area contributed by atoms with Crippen LogP contribution in [0, 0.1) is 12.8 Å². The van der Waals surface area contributed by atoms with Crippen molar-refractivity contribution < 1.29 is 9.59 Å². The van der Waals surface area contributed by atoms with Crippen LogP contribution in [0.25, 0.3) is 0 Å². The normalized spacial score (nSPS) is 21.3. The van der Waals surface area contributed by atoms with E-state index in [0.717, 1.165) is 37.9 Å². The Kier molecular flexibility index (Phi) is 4.79. The third-order valence-electron chi connectivity index (χ3n) is 4.73. The minimum atomic E-state index is -0.0513. The maximum absolute atomic E-state index is 12.7. The number of amides is 2. The highest BCUT2D eigenvalue weighted by atomic mass is 16.2. The second-order valence-electron chi connectivity index (χ2n) is 6.50. The Morgan fingerprint density at radius 2 is 1.83 bits per heavy atom. The molecular weight excluding hydrogens is 288 g/mol. The van der Waals surface area contributed by atoms with Crippen molar-refractivity contribution in [1.29, 1.82) is 0 Å². The molecule has 0 aromatic heterocycles. The van der Waals surface area contributed by atoms with Gasteiger partial charge in [-0.1, -0.05) is 29.8 Å². The number of hydrogen-bond donors (Lipinski definition) is 0. The maximum Gasteiger partial charge on any atom is 0.253 e. The number of hydrogen-bond acceptors (Lipinski definition) is 2. The van der Waals surface area contributed by atoms with E-state index in [1.165, 1.54) is 0 Å². The van der Waals surface area contributed by atoms with E-state index < -0.39 is 0 Å². The lowest BCUT2D eigenvalue weighted by Gasteiger charge is -2.35. The van der Waals surface area contributed by atoms with Crippen LogP contribution in [0.1, 0.15) is 35.2 Å². The van der Waals surface area contributed by atoms with Gasteiger partial charge in [-0.25, -0.2) is 0 Å². The molecular formula is C19H24N2O2. The van der Waals surface area contributed by atoms with Crippen molar-refractivity contribution in [3.63, 3.8) is 0 Å². The first kappa shape index (κ1) is 15.8. The molecule has 3 rings (SSSR count). The van der Waals surface area contributed by atoms with Gasteiger partial charge in [-0.3, -0.25) is 9.59 Å². The van der Waals surface area contributed by atoms with E-state index >= 15 is 0 Å². The zero-order valence-electron chi connectivity index (χ0n) is 13.7. The fourth-order valence-electron chi connectivity index (χ4n) is 3.34. The number of aryl methyl sites for hydroxylation is 1. The summed E-state index contributed by atoms with van der Waals surface area (Å²) < 4.78 is 0. The lowest BCUT2D eigenvalue weighted by atomic mass is 9.95. The Bertz CT molecular complexity index is 606. The summed E-state index contributed by atoms with van der Waals surface area (Å²) in [4.78, 5) is 29.1. The van der Waals surface area contributed by atoms with Gasteiger partial charge in [0.15, 0.2) is 0 Å². The lowest BCUT2D eigenvalue weighted by molar-refractivity contribution is -0.136. The molecule has 122 valence electrons. The van der Waals surface area contributed by atoms with E-state index in [9.17, 15) is 9.59 Å². The van der Waals surface area contributed by atoms with E-state index in [-0.39, 0.29) is 17.7 Å². The predicted molar refractivity (Wildman–Crippen MR) is 90.1 cm³/mol. The van der Waals surface area contributed by atoms with E-state index in [1.807, 2.05) is 41.0 Å². The summed E-state index contributed by atoms with van der Waals surface area (Å²) in [7, 11) is 0. The first-order chi connectivity index (χ1) is 11.1. The van der Waals surface area contributed by atoms with Gasteiger partial charge in [0.05, 0.1) is 5.92 Å². The molecule has 4 heteroatoms. The molecule has 0 bridgehead atoms. The molecule has 2 heterocycles. The highest BCUT2D eigenvalue weighted by Crippen LogP contribution is 2.21. The fourth-order valence-corrected chi connectivity index (χ4v) is 3.34. The van der Waals surface area contributed by atoms with Crippen molar-refractivity contribution in [3.8, 4) is 0 Å². The van der Waals surface area contributed by atoms with E-state index in [2.05, 4.69) is 12.2 Å². The summed E-state index contributed by atoms with van der Waals surface area (Å²) >= 11 is 0. The number of carbonyl (C=O) groups is 2. The predicted octanol–water partition coefficient (Wildman–Crippen LogP) is 2.64. The summed E-state index contributed by atoms with van der Waals surface area (Å²) in [6, 6.07) is 7.66. The average molecular weight is 312 g/mol. The number of piperidine rings is 1. The third kappa shape index (κ3) is 3.63. The van der Waals surface area contributed by atoms with Crippen molar-refractivity contribution >= 4 is 11.8 Å². The molecule has 23 heavy (non-hydrogen) atoms. The van der Waals surface area contributed by atoms with Gasteiger partial charge < -0.3 is 9.80 Å². The maximum atomic E-state index is 12.7. The van der Waals surface area contributed by atoms with E-state index in [0.29, 0.717) is 18.7 Å². The molecule has 2 aliphatic rings. The van der Waals surface area contributed by atoms with Crippen LogP contribution < -0.4 is 0 Å². The van der Waals surface area contributed by atoms with E-state index in [1.54, 1.807) is 0 Å². The molecule has 1 fully saturated rings. The van der Waals surface area contributed by atoms with Gasteiger partial charge in [0.25, 0.3) is 5.91 Å². The minimum absolute atomic E-state index is 0.0426. The van der Waals surface area contributed by atoms with Crippen LogP contribution in [0.3, 0.4) is 0 Å². The lowest BCUT2D eigenvalue weighted by Crippen LogP contribution is -2.47. The van der Waals surface area contributed by atoms with Crippen molar-refractivity contribution in [2.45, 2.75) is 26.2 Å². The van der Waals surface area contributed by atoms with Crippen LogP contribution >= 0.6 is 0 Å². The average Bonchev–Trinajstić information content (AvgIpc) is 2.62. The molecule has 1 saturated heterocycles. The van der Waals surface area contributed by atoms with Gasteiger partial charge in [-0.05, 0) is 38.3 Å². The first-order valence-corrected chi connectivity index (χ1v) is 8.45. The van der Waals surface area contributed by atoms with Crippen LogP contribution in [0.4, 0.5) is 0 Å². The second kappa shape index (κ2) is 6.99. The number of benzene rings is 1. The molecule has 0 saturated carbocycles. The number of likely N-dealkylation sites (tertiary alicyclic amines) is 1. The van der Waals surface area contributed by atoms with E-state index in [4.69, 9.17) is 0 Å². The summed E-state index contributed by atoms with van der Waals surface area (Å²) in [5.74, 6) is 0.196. The molecule has 0 radical (unpaired) electrons. The van der Waals surface area contributed by atoms with Crippen LogP contribution in [-0.4, -0.2) is 47.8 Å². The minimum Gasteiger partial charge on any atom is -0.338 e. The molecule has 4 nitrogen and oxygen atoms in total. The van der Waals surface area contributed by atoms with Gasteiger partial charge in [0, 0.05) is 31.7 Å². The van der Waals surface area contributed by atoms with Gasteiger partial charge in [0.2, 0.25) is 5.91 Å². The zero-order chi connectivity index (χ0) is 16.2. The van der Waals surface area contributed by atoms with Crippen LogP contribution in [0.2, 0.25) is 0 Å². The molecule has 0 aliphatic carbocycles. The highest BCUT2D eigenvalue weighted by Gasteiger charge is 2.31. The van der Waals surface area contributed by atoms with Crippen LogP contribution in [-0.2, 0) is 4.79 Å². The number of rotatable bonds is 2. The SMILES string of the molecule is Cc1ccc(C(=O)N2CCC[C@H](C(=O)N3CC=CCC3)C2)cc1. The quantitative estimate of drug-likeness (QED) is 0.788. The van der Waals surface area contributed by atoms with Crippen molar-refractivity contribution in [1.82, 2.24) is 9.80 Å². The van der Waals surface area contributed by atoms with Crippen molar-refractivity contribution in [3.05, 3.63) is 47.5 Å². The van der Waals surface area contributed by atoms with Gasteiger partial charge in [-0.2, -0.15) is 0 Å². The zero-order valence-corrected chi connectivity index (χ0v) is 13.7. The van der Waals surface area contributed by atoms with Crippen LogP contribution in [0.5, 0.6) is 0 Å². The monoisotopic (exact) mass is 312 g/mol. The standard InChI is InChI=1S/C19H24N2O2/c1-15-7-9-16(10-8-15)18(22)21-13-5-6-17(14-21)19(23)20-11-3-2-4-12-20/h2-3,7-10,17H,4-6,11-14H2,1H3/t17-/m0/s1. The largest absolute Gasteiger partial charge is 0.338 e. The Labute approximate surface area is 137 Å². The topological polar surface area (TPSA) is 40.6 Å². The summed E-state index contributed by atoms with van der Waals surface area (Å²) in [5, 5.41) is 0. The molecule has 1 atom stereocenters.